The van der Waals surface area contributed by atoms with Crippen LogP contribution in [-0.4, -0.2) is 22.0 Å². The fourth-order valence-corrected chi connectivity index (χ4v) is 2.05. The molecule has 0 spiro atoms. The Morgan fingerprint density at radius 1 is 1.50 bits per heavy atom. The van der Waals surface area contributed by atoms with Gasteiger partial charge in [0.1, 0.15) is 5.65 Å². The normalized spacial score (nSPS) is 13.5. The van der Waals surface area contributed by atoms with Gasteiger partial charge in [-0.15, -0.1) is 0 Å². The molecule has 0 bridgehead atoms. The van der Waals surface area contributed by atoms with Gasteiger partial charge in [-0.25, -0.2) is 4.98 Å². The van der Waals surface area contributed by atoms with Gasteiger partial charge in [-0.3, -0.25) is 4.40 Å². The molecule has 0 aromatic carbocycles. The van der Waals surface area contributed by atoms with Gasteiger partial charge in [0.2, 0.25) is 0 Å². The molecule has 0 radical (unpaired) electrons. The minimum absolute atomic E-state index is 0.329. The van der Waals surface area contributed by atoms with Crippen LogP contribution in [0.15, 0.2) is 30.5 Å². The third kappa shape index (κ3) is 2.92. The van der Waals surface area contributed by atoms with E-state index in [4.69, 9.17) is 11.6 Å². The average molecular weight is 264 g/mol. The van der Waals surface area contributed by atoms with Crippen molar-refractivity contribution in [1.82, 2.24) is 14.7 Å². The van der Waals surface area contributed by atoms with E-state index in [1.807, 2.05) is 34.9 Å². The number of nitrogens with zero attached hydrogens (tertiary/aromatic N) is 2. The third-order valence-corrected chi connectivity index (χ3v) is 3.06. The van der Waals surface area contributed by atoms with Crippen LogP contribution in [-0.2, 0) is 0 Å². The molecular formula is C14H18ClN3. The van der Waals surface area contributed by atoms with Gasteiger partial charge in [0.05, 0.1) is 5.69 Å². The van der Waals surface area contributed by atoms with Crippen LogP contribution in [0, 0.1) is 0 Å². The fraction of sp³-hybridized carbons (Fsp3) is 0.357. The van der Waals surface area contributed by atoms with Gasteiger partial charge in [0, 0.05) is 12.2 Å². The monoisotopic (exact) mass is 263 g/mol. The lowest BCUT2D eigenvalue weighted by atomic mass is 10.2. The van der Waals surface area contributed by atoms with Crippen LogP contribution < -0.4 is 5.32 Å². The second-order valence-corrected chi connectivity index (χ2v) is 4.68. The van der Waals surface area contributed by atoms with Crippen LogP contribution in [0.4, 0.5) is 0 Å². The zero-order chi connectivity index (χ0) is 13.0. The van der Waals surface area contributed by atoms with Gasteiger partial charge in [0.15, 0.2) is 5.15 Å². The van der Waals surface area contributed by atoms with E-state index in [-0.39, 0.29) is 0 Å². The highest BCUT2D eigenvalue weighted by Crippen LogP contribution is 2.18. The molecule has 0 saturated carbocycles. The highest BCUT2D eigenvalue weighted by Gasteiger charge is 2.06. The fourth-order valence-electron chi connectivity index (χ4n) is 1.81. The highest BCUT2D eigenvalue weighted by molar-refractivity contribution is 6.31. The molecule has 18 heavy (non-hydrogen) atoms. The lowest BCUT2D eigenvalue weighted by molar-refractivity contribution is 0.625. The van der Waals surface area contributed by atoms with Crippen molar-refractivity contribution in [3.05, 3.63) is 41.3 Å². The van der Waals surface area contributed by atoms with Crippen molar-refractivity contribution >= 4 is 23.3 Å². The number of halogens is 1. The van der Waals surface area contributed by atoms with Gasteiger partial charge >= 0.3 is 0 Å². The first-order valence-electron chi connectivity index (χ1n) is 6.26. The van der Waals surface area contributed by atoms with Crippen LogP contribution >= 0.6 is 11.6 Å². The zero-order valence-corrected chi connectivity index (χ0v) is 11.5. The van der Waals surface area contributed by atoms with Crippen LogP contribution in [0.5, 0.6) is 0 Å². The molecular weight excluding hydrogens is 246 g/mol. The van der Waals surface area contributed by atoms with Crippen LogP contribution in [0.25, 0.3) is 11.7 Å². The van der Waals surface area contributed by atoms with E-state index in [0.29, 0.717) is 11.2 Å². The highest BCUT2D eigenvalue weighted by atomic mass is 35.5. The molecule has 2 rings (SSSR count). The van der Waals surface area contributed by atoms with Crippen molar-refractivity contribution in [2.24, 2.45) is 0 Å². The molecule has 2 aromatic heterocycles. The Hall–Kier alpha value is -1.32. The number of fused-ring (bicyclic) bond motifs is 1. The van der Waals surface area contributed by atoms with Gasteiger partial charge in [-0.05, 0) is 38.1 Å². The summed E-state index contributed by atoms with van der Waals surface area (Å²) >= 11 is 6.15. The number of aromatic nitrogens is 2. The van der Waals surface area contributed by atoms with E-state index in [9.17, 15) is 0 Å². The molecule has 0 saturated heterocycles. The van der Waals surface area contributed by atoms with Crippen molar-refractivity contribution < 1.29 is 0 Å². The molecule has 1 N–H and O–H groups in total. The van der Waals surface area contributed by atoms with Crippen molar-refractivity contribution in [2.45, 2.75) is 26.3 Å². The van der Waals surface area contributed by atoms with Crippen molar-refractivity contribution in [3.8, 4) is 0 Å². The Bertz CT molecular complexity index is 545. The predicted octanol–water partition coefficient (Wildman–Crippen LogP) is 3.39. The second-order valence-electron chi connectivity index (χ2n) is 4.32. The molecule has 2 heterocycles. The minimum atomic E-state index is 0.329. The van der Waals surface area contributed by atoms with Crippen LogP contribution in [0.2, 0.25) is 5.15 Å². The van der Waals surface area contributed by atoms with Crippen molar-refractivity contribution in [1.29, 1.82) is 0 Å². The number of hydrogen-bond donors (Lipinski definition) is 1. The standard InChI is InChI=1S/C14H18ClN3/c1-3-9-16-11(2)7-8-12-14(15)17-13-6-4-5-10-18(12)13/h4-8,10-11,16H,3,9H2,1-2H3/b8-7+. The summed E-state index contributed by atoms with van der Waals surface area (Å²) in [6.45, 7) is 5.31. The maximum atomic E-state index is 6.15. The molecule has 0 amide bonds. The summed E-state index contributed by atoms with van der Waals surface area (Å²) in [5.41, 5.74) is 1.80. The molecule has 0 aliphatic rings. The molecule has 2 aromatic rings. The predicted molar refractivity (Wildman–Crippen MR) is 77.0 cm³/mol. The molecule has 0 fully saturated rings. The number of nitrogens with one attached hydrogen (secondary N) is 1. The molecule has 3 nitrogen and oxygen atoms in total. The quantitative estimate of drug-likeness (QED) is 0.896. The Kier molecular flexibility index (Phi) is 4.39. The van der Waals surface area contributed by atoms with Gasteiger partial charge in [-0.1, -0.05) is 30.7 Å². The second kappa shape index (κ2) is 6.03. The van der Waals surface area contributed by atoms with Gasteiger partial charge in [0.25, 0.3) is 0 Å². The van der Waals surface area contributed by atoms with E-state index in [0.717, 1.165) is 24.3 Å². The summed E-state index contributed by atoms with van der Waals surface area (Å²) in [6.07, 6.45) is 7.24. The van der Waals surface area contributed by atoms with E-state index < -0.39 is 0 Å². The Morgan fingerprint density at radius 2 is 2.33 bits per heavy atom. The van der Waals surface area contributed by atoms with Gasteiger partial charge < -0.3 is 5.32 Å². The molecule has 1 atom stereocenters. The number of rotatable bonds is 5. The summed E-state index contributed by atoms with van der Waals surface area (Å²) in [5.74, 6) is 0. The first-order chi connectivity index (χ1) is 8.72. The minimum Gasteiger partial charge on any atom is -0.311 e. The van der Waals surface area contributed by atoms with E-state index in [2.05, 4.69) is 30.2 Å². The molecule has 96 valence electrons. The number of hydrogen-bond acceptors (Lipinski definition) is 2. The van der Waals surface area contributed by atoms with Crippen molar-refractivity contribution in [2.75, 3.05) is 6.54 Å². The van der Waals surface area contributed by atoms with E-state index in [1.165, 1.54) is 0 Å². The maximum Gasteiger partial charge on any atom is 0.155 e. The van der Waals surface area contributed by atoms with Crippen LogP contribution in [0.1, 0.15) is 26.0 Å². The Balaban J connectivity index is 2.20. The number of imidazole rings is 1. The Labute approximate surface area is 112 Å². The Morgan fingerprint density at radius 3 is 3.11 bits per heavy atom. The zero-order valence-electron chi connectivity index (χ0n) is 10.7. The SMILES string of the molecule is CCCNC(C)/C=C/c1c(Cl)nc2ccccn12. The maximum absolute atomic E-state index is 6.15. The number of pyridine rings is 1. The summed E-state index contributed by atoms with van der Waals surface area (Å²) < 4.78 is 1.99. The molecule has 4 heteroatoms. The molecule has 1 unspecified atom stereocenters. The van der Waals surface area contributed by atoms with Crippen molar-refractivity contribution in [3.63, 3.8) is 0 Å². The summed E-state index contributed by atoms with van der Waals surface area (Å²) in [5, 5.41) is 3.94. The first kappa shape index (κ1) is 13.1. The lowest BCUT2D eigenvalue weighted by Crippen LogP contribution is -2.24. The van der Waals surface area contributed by atoms with Gasteiger partial charge in [-0.2, -0.15) is 0 Å². The average Bonchev–Trinajstić information content (AvgIpc) is 2.69. The molecule has 0 aliphatic carbocycles. The van der Waals surface area contributed by atoms with E-state index >= 15 is 0 Å². The summed E-state index contributed by atoms with van der Waals surface area (Å²) in [6, 6.07) is 6.20. The smallest absolute Gasteiger partial charge is 0.155 e. The summed E-state index contributed by atoms with van der Waals surface area (Å²) in [7, 11) is 0. The van der Waals surface area contributed by atoms with E-state index in [1.54, 1.807) is 0 Å². The van der Waals surface area contributed by atoms with Crippen LogP contribution in [0.3, 0.4) is 0 Å². The lowest BCUT2D eigenvalue weighted by Gasteiger charge is -2.07. The third-order valence-electron chi connectivity index (χ3n) is 2.78. The molecule has 0 aliphatic heterocycles. The topological polar surface area (TPSA) is 29.3 Å². The largest absolute Gasteiger partial charge is 0.311 e. The summed E-state index contributed by atoms with van der Waals surface area (Å²) in [4.78, 5) is 4.31. The first-order valence-corrected chi connectivity index (χ1v) is 6.64.